The molecule has 13 heavy (non-hydrogen) atoms. The van der Waals surface area contributed by atoms with Crippen molar-refractivity contribution in [1.82, 2.24) is 5.32 Å². The fraction of sp³-hybridized carbons (Fsp3) is 0.900. The maximum absolute atomic E-state index is 11.1. The van der Waals surface area contributed by atoms with Gasteiger partial charge in [-0.25, -0.2) is 0 Å². The second-order valence-electron chi connectivity index (χ2n) is 4.37. The van der Waals surface area contributed by atoms with E-state index in [0.29, 0.717) is 18.4 Å². The Labute approximate surface area is 79.1 Å². The Kier molecular flexibility index (Phi) is 2.54. The molecule has 1 aliphatic carbocycles. The van der Waals surface area contributed by atoms with Crippen molar-refractivity contribution in [2.45, 2.75) is 38.1 Å². The molecule has 74 valence electrons. The number of carbonyl (C=O) groups excluding carboxylic acids is 1. The van der Waals surface area contributed by atoms with Gasteiger partial charge < -0.3 is 11.1 Å². The van der Waals surface area contributed by atoms with Crippen LogP contribution < -0.4 is 11.1 Å². The van der Waals surface area contributed by atoms with Crippen LogP contribution in [0.3, 0.4) is 0 Å². The largest absolute Gasteiger partial charge is 0.356 e. The molecule has 1 amide bonds. The van der Waals surface area contributed by atoms with Gasteiger partial charge in [0.15, 0.2) is 0 Å². The van der Waals surface area contributed by atoms with Crippen molar-refractivity contribution >= 4 is 5.91 Å². The van der Waals surface area contributed by atoms with E-state index in [1.54, 1.807) is 0 Å². The average Bonchev–Trinajstić information content (AvgIpc) is 2.89. The van der Waals surface area contributed by atoms with Crippen LogP contribution in [0.25, 0.3) is 0 Å². The van der Waals surface area contributed by atoms with Crippen molar-refractivity contribution in [3.63, 3.8) is 0 Å². The Hall–Kier alpha value is -0.570. The summed E-state index contributed by atoms with van der Waals surface area (Å²) in [5, 5.41) is 2.94. The lowest BCUT2D eigenvalue weighted by Gasteiger charge is -2.21. The lowest BCUT2D eigenvalue weighted by molar-refractivity contribution is -0.120. The van der Waals surface area contributed by atoms with Crippen LogP contribution in [0.4, 0.5) is 0 Å². The zero-order valence-electron chi connectivity index (χ0n) is 7.96. The summed E-state index contributed by atoms with van der Waals surface area (Å²) in [6, 6.07) is 0.332. The molecule has 0 spiro atoms. The van der Waals surface area contributed by atoms with E-state index in [1.165, 1.54) is 12.8 Å². The first-order valence-electron chi connectivity index (χ1n) is 5.29. The fourth-order valence-corrected chi connectivity index (χ4v) is 2.15. The van der Waals surface area contributed by atoms with Gasteiger partial charge in [0.25, 0.3) is 0 Å². The summed E-state index contributed by atoms with van der Waals surface area (Å²) in [6.07, 6.45) is 5.42. The minimum absolute atomic E-state index is 0.200. The van der Waals surface area contributed by atoms with E-state index in [9.17, 15) is 4.79 Å². The molecule has 1 heterocycles. The van der Waals surface area contributed by atoms with Gasteiger partial charge in [-0.1, -0.05) is 0 Å². The first-order chi connectivity index (χ1) is 6.27. The van der Waals surface area contributed by atoms with E-state index in [4.69, 9.17) is 5.73 Å². The molecule has 2 fully saturated rings. The van der Waals surface area contributed by atoms with E-state index >= 15 is 0 Å². The molecule has 3 N–H and O–H groups in total. The zero-order chi connectivity index (χ0) is 9.26. The topological polar surface area (TPSA) is 55.1 Å². The van der Waals surface area contributed by atoms with Crippen LogP contribution in [0.1, 0.15) is 32.1 Å². The maximum atomic E-state index is 11.1. The van der Waals surface area contributed by atoms with Gasteiger partial charge >= 0.3 is 0 Å². The standard InChI is InChI=1S/C10H18N2O/c11-10(7-4-5-7)8-2-1-3-9(13)12-6-8/h7-8,10H,1-6,11H2,(H,12,13). The van der Waals surface area contributed by atoms with Gasteiger partial charge in [-0.2, -0.15) is 0 Å². The third kappa shape index (κ3) is 2.21. The second-order valence-corrected chi connectivity index (χ2v) is 4.37. The predicted molar refractivity (Wildman–Crippen MR) is 51.1 cm³/mol. The van der Waals surface area contributed by atoms with Crippen LogP contribution in [-0.2, 0) is 4.79 Å². The molecular weight excluding hydrogens is 164 g/mol. The maximum Gasteiger partial charge on any atom is 0.220 e. The van der Waals surface area contributed by atoms with Crippen molar-refractivity contribution in [3.05, 3.63) is 0 Å². The number of rotatable bonds is 2. The highest BCUT2D eigenvalue weighted by atomic mass is 16.1. The Morgan fingerprint density at radius 1 is 1.31 bits per heavy atom. The van der Waals surface area contributed by atoms with Gasteiger partial charge in [-0.15, -0.1) is 0 Å². The molecular formula is C10H18N2O. The molecule has 2 aliphatic rings. The van der Waals surface area contributed by atoms with Crippen molar-refractivity contribution in [2.75, 3.05) is 6.54 Å². The first kappa shape index (κ1) is 9.00. The normalized spacial score (nSPS) is 32.1. The zero-order valence-corrected chi connectivity index (χ0v) is 7.96. The third-order valence-electron chi connectivity index (χ3n) is 3.25. The number of nitrogens with one attached hydrogen (secondary N) is 1. The summed E-state index contributed by atoms with van der Waals surface area (Å²) in [5.74, 6) is 1.48. The summed E-state index contributed by atoms with van der Waals surface area (Å²) in [5.41, 5.74) is 6.12. The number of carbonyl (C=O) groups is 1. The Balaban J connectivity index is 1.87. The van der Waals surface area contributed by atoms with Gasteiger partial charge in [0.1, 0.15) is 0 Å². The highest BCUT2D eigenvalue weighted by Crippen LogP contribution is 2.36. The first-order valence-corrected chi connectivity index (χ1v) is 5.29. The van der Waals surface area contributed by atoms with Gasteiger partial charge in [-0.3, -0.25) is 4.79 Å². The summed E-state index contributed by atoms with van der Waals surface area (Å²) in [7, 11) is 0. The van der Waals surface area contributed by atoms with E-state index in [0.717, 1.165) is 25.3 Å². The lowest BCUT2D eigenvalue weighted by atomic mass is 9.92. The second kappa shape index (κ2) is 3.66. The SMILES string of the molecule is NC(C1CC1)C1CCCC(=O)NC1. The van der Waals surface area contributed by atoms with Crippen molar-refractivity contribution in [3.8, 4) is 0 Å². The minimum atomic E-state index is 0.200. The molecule has 2 atom stereocenters. The molecule has 2 rings (SSSR count). The quantitative estimate of drug-likeness (QED) is 0.658. The molecule has 0 aromatic rings. The number of hydrogen-bond donors (Lipinski definition) is 2. The molecule has 3 heteroatoms. The van der Waals surface area contributed by atoms with Crippen molar-refractivity contribution in [2.24, 2.45) is 17.6 Å². The van der Waals surface area contributed by atoms with Gasteiger partial charge in [0.05, 0.1) is 0 Å². The molecule has 2 unspecified atom stereocenters. The molecule has 1 saturated carbocycles. The Bertz CT molecular complexity index is 201. The molecule has 3 nitrogen and oxygen atoms in total. The highest BCUT2D eigenvalue weighted by Gasteiger charge is 2.34. The number of amides is 1. The van der Waals surface area contributed by atoms with Gasteiger partial charge in [0.2, 0.25) is 5.91 Å². The molecule has 0 radical (unpaired) electrons. The number of nitrogens with two attached hydrogens (primary N) is 1. The van der Waals surface area contributed by atoms with Crippen LogP contribution >= 0.6 is 0 Å². The third-order valence-corrected chi connectivity index (χ3v) is 3.25. The van der Waals surface area contributed by atoms with E-state index in [1.807, 2.05) is 0 Å². The number of hydrogen-bond acceptors (Lipinski definition) is 2. The minimum Gasteiger partial charge on any atom is -0.356 e. The fourth-order valence-electron chi connectivity index (χ4n) is 2.15. The van der Waals surface area contributed by atoms with Gasteiger partial charge in [-0.05, 0) is 37.5 Å². The van der Waals surface area contributed by atoms with Crippen molar-refractivity contribution < 1.29 is 4.79 Å². The molecule has 0 aromatic heterocycles. The highest BCUT2D eigenvalue weighted by molar-refractivity contribution is 5.76. The lowest BCUT2D eigenvalue weighted by Crippen LogP contribution is -2.38. The van der Waals surface area contributed by atoms with E-state index in [2.05, 4.69) is 5.32 Å². The predicted octanol–water partition coefficient (Wildman–Crippen LogP) is 0.640. The summed E-state index contributed by atoms with van der Waals surface area (Å²) < 4.78 is 0. The van der Waals surface area contributed by atoms with Crippen LogP contribution in [0.5, 0.6) is 0 Å². The summed E-state index contributed by atoms with van der Waals surface area (Å²) in [6.45, 7) is 0.802. The van der Waals surface area contributed by atoms with Crippen molar-refractivity contribution in [1.29, 1.82) is 0 Å². The smallest absolute Gasteiger partial charge is 0.220 e. The average molecular weight is 182 g/mol. The monoisotopic (exact) mass is 182 g/mol. The molecule has 1 aliphatic heterocycles. The molecule has 0 bridgehead atoms. The Morgan fingerprint density at radius 3 is 2.77 bits per heavy atom. The van der Waals surface area contributed by atoms with E-state index < -0.39 is 0 Å². The van der Waals surface area contributed by atoms with Crippen LogP contribution in [0.2, 0.25) is 0 Å². The molecule has 1 saturated heterocycles. The molecule has 0 aromatic carbocycles. The summed E-state index contributed by atoms with van der Waals surface area (Å²) >= 11 is 0. The van der Waals surface area contributed by atoms with Crippen LogP contribution in [0.15, 0.2) is 0 Å². The van der Waals surface area contributed by atoms with Crippen LogP contribution in [0, 0.1) is 11.8 Å². The Morgan fingerprint density at radius 2 is 2.08 bits per heavy atom. The van der Waals surface area contributed by atoms with Crippen LogP contribution in [-0.4, -0.2) is 18.5 Å². The van der Waals surface area contributed by atoms with E-state index in [-0.39, 0.29) is 5.91 Å². The van der Waals surface area contributed by atoms with Gasteiger partial charge in [0, 0.05) is 19.0 Å². The summed E-state index contributed by atoms with van der Waals surface area (Å²) in [4.78, 5) is 11.1.